The van der Waals surface area contributed by atoms with Gasteiger partial charge in [0.15, 0.2) is 0 Å². The highest BCUT2D eigenvalue weighted by molar-refractivity contribution is 5.95. The molecule has 1 saturated heterocycles. The SMILES string of the molecule is CCOC(=O)C1=C(CN2CCN(C(=O)COC)CC2)N(CC)C(=O)N[C@@H]1c1ccccc1C(F)(F)F. The molecule has 1 aromatic carbocycles. The lowest BCUT2D eigenvalue weighted by Crippen LogP contribution is -2.54. The molecule has 12 heteroatoms. The molecular weight excluding hydrogens is 481 g/mol. The standard InChI is InChI=1S/C24H31F3N4O5/c1-4-31-18(14-29-10-12-30(13-11-29)19(32)15-35-3)20(22(33)36-5-2)21(28-23(31)34)16-8-6-7-9-17(16)24(25,26)27/h6-9,21H,4-5,10-15H2,1-3H3,(H,28,34)/t21-/m1/s1. The van der Waals surface area contributed by atoms with Crippen LogP contribution in [0.5, 0.6) is 0 Å². The van der Waals surface area contributed by atoms with Crippen molar-refractivity contribution in [2.45, 2.75) is 26.1 Å². The van der Waals surface area contributed by atoms with Crippen LogP contribution in [0.15, 0.2) is 35.5 Å². The van der Waals surface area contributed by atoms with E-state index in [9.17, 15) is 27.6 Å². The number of halogens is 3. The van der Waals surface area contributed by atoms with Crippen molar-refractivity contribution in [3.8, 4) is 0 Å². The quantitative estimate of drug-likeness (QED) is 0.538. The molecule has 0 unspecified atom stereocenters. The highest BCUT2D eigenvalue weighted by Gasteiger charge is 2.43. The van der Waals surface area contributed by atoms with Crippen LogP contribution in [0, 0.1) is 0 Å². The fraction of sp³-hybridized carbons (Fsp3) is 0.542. The molecule has 198 valence electrons. The van der Waals surface area contributed by atoms with Crippen LogP contribution in [0.1, 0.15) is 31.0 Å². The molecule has 2 aliphatic rings. The summed E-state index contributed by atoms with van der Waals surface area (Å²) in [5, 5.41) is 2.58. The number of carbonyl (C=O) groups excluding carboxylic acids is 3. The second kappa shape index (κ2) is 11.7. The summed E-state index contributed by atoms with van der Waals surface area (Å²) in [7, 11) is 1.44. The Hall–Kier alpha value is -3.12. The molecule has 0 aromatic heterocycles. The summed E-state index contributed by atoms with van der Waals surface area (Å²) < 4.78 is 51.7. The van der Waals surface area contributed by atoms with Gasteiger partial charge in [0.25, 0.3) is 0 Å². The van der Waals surface area contributed by atoms with Gasteiger partial charge >= 0.3 is 18.2 Å². The molecule has 0 bridgehead atoms. The summed E-state index contributed by atoms with van der Waals surface area (Å²) in [5.41, 5.74) is -0.914. The van der Waals surface area contributed by atoms with Crippen LogP contribution in [-0.2, 0) is 25.2 Å². The van der Waals surface area contributed by atoms with Gasteiger partial charge in [-0.25, -0.2) is 9.59 Å². The number of alkyl halides is 3. The molecule has 0 spiro atoms. The van der Waals surface area contributed by atoms with Crippen LogP contribution >= 0.6 is 0 Å². The fourth-order valence-corrected chi connectivity index (χ4v) is 4.48. The number of carbonyl (C=O) groups is 3. The van der Waals surface area contributed by atoms with Crippen LogP contribution < -0.4 is 5.32 Å². The van der Waals surface area contributed by atoms with E-state index >= 15 is 0 Å². The molecule has 0 aliphatic carbocycles. The molecule has 3 amide bonds. The van der Waals surface area contributed by atoms with Crippen LogP contribution in [0.4, 0.5) is 18.0 Å². The summed E-state index contributed by atoms with van der Waals surface area (Å²) in [6, 6.07) is 2.93. The lowest BCUT2D eigenvalue weighted by atomic mass is 9.90. The molecule has 0 saturated carbocycles. The van der Waals surface area contributed by atoms with Gasteiger partial charge in [-0.1, -0.05) is 18.2 Å². The Morgan fingerprint density at radius 2 is 1.78 bits per heavy atom. The Bertz CT molecular complexity index is 1010. The first-order valence-electron chi connectivity index (χ1n) is 11.8. The minimum atomic E-state index is -4.69. The van der Waals surface area contributed by atoms with Crippen molar-refractivity contribution in [3.63, 3.8) is 0 Å². The maximum atomic E-state index is 13.8. The van der Waals surface area contributed by atoms with E-state index in [1.165, 1.54) is 30.2 Å². The molecular formula is C24H31F3N4O5. The Morgan fingerprint density at radius 3 is 2.36 bits per heavy atom. The fourth-order valence-electron chi connectivity index (χ4n) is 4.48. The van der Waals surface area contributed by atoms with Crippen molar-refractivity contribution in [1.82, 2.24) is 20.0 Å². The van der Waals surface area contributed by atoms with Gasteiger partial charge in [-0.15, -0.1) is 0 Å². The lowest BCUT2D eigenvalue weighted by Gasteiger charge is -2.40. The van der Waals surface area contributed by atoms with E-state index < -0.39 is 29.8 Å². The van der Waals surface area contributed by atoms with Crippen molar-refractivity contribution in [3.05, 3.63) is 46.7 Å². The molecule has 2 aliphatic heterocycles. The first-order valence-corrected chi connectivity index (χ1v) is 11.8. The Kier molecular flexibility index (Phi) is 8.96. The largest absolute Gasteiger partial charge is 0.463 e. The first-order chi connectivity index (χ1) is 17.1. The second-order valence-corrected chi connectivity index (χ2v) is 8.38. The van der Waals surface area contributed by atoms with Crippen molar-refractivity contribution >= 4 is 17.9 Å². The van der Waals surface area contributed by atoms with E-state index in [-0.39, 0.29) is 43.3 Å². The van der Waals surface area contributed by atoms with Gasteiger partial charge < -0.3 is 19.7 Å². The Morgan fingerprint density at radius 1 is 1.11 bits per heavy atom. The molecule has 1 N–H and O–H groups in total. The molecule has 1 aromatic rings. The normalized spacial score (nSPS) is 19.4. The third-order valence-corrected chi connectivity index (χ3v) is 6.19. The third-order valence-electron chi connectivity index (χ3n) is 6.19. The number of ether oxygens (including phenoxy) is 2. The van der Waals surface area contributed by atoms with Crippen LogP contribution in [0.2, 0.25) is 0 Å². The van der Waals surface area contributed by atoms with Crippen LogP contribution in [-0.4, -0.2) is 92.2 Å². The zero-order chi connectivity index (χ0) is 26.5. The molecule has 1 fully saturated rings. The van der Waals surface area contributed by atoms with Gasteiger partial charge in [0, 0.05) is 52.1 Å². The van der Waals surface area contributed by atoms with Gasteiger partial charge in [0.2, 0.25) is 5.91 Å². The number of nitrogens with one attached hydrogen (secondary N) is 1. The molecule has 0 radical (unpaired) electrons. The number of hydrogen-bond acceptors (Lipinski definition) is 6. The smallest absolute Gasteiger partial charge is 0.416 e. The summed E-state index contributed by atoms with van der Waals surface area (Å²) in [6.45, 7) is 5.39. The van der Waals surface area contributed by atoms with E-state index in [0.29, 0.717) is 31.9 Å². The number of nitrogens with zero attached hydrogens (tertiary/aromatic N) is 3. The van der Waals surface area contributed by atoms with E-state index in [4.69, 9.17) is 9.47 Å². The van der Waals surface area contributed by atoms with Crippen molar-refractivity contribution < 1.29 is 37.0 Å². The zero-order valence-electron chi connectivity index (χ0n) is 20.6. The first kappa shape index (κ1) is 27.5. The predicted octanol–water partition coefficient (Wildman–Crippen LogP) is 2.40. The predicted molar refractivity (Wildman–Crippen MR) is 124 cm³/mol. The van der Waals surface area contributed by atoms with Crippen molar-refractivity contribution in [2.75, 3.05) is 59.6 Å². The van der Waals surface area contributed by atoms with Crippen LogP contribution in [0.3, 0.4) is 0 Å². The Labute approximate surface area is 207 Å². The number of methoxy groups -OCH3 is 1. The number of piperazine rings is 1. The maximum absolute atomic E-state index is 13.8. The Balaban J connectivity index is 2.02. The number of hydrogen-bond donors (Lipinski definition) is 1. The highest BCUT2D eigenvalue weighted by Crippen LogP contribution is 2.39. The summed E-state index contributed by atoms with van der Waals surface area (Å²) in [5.74, 6) is -0.929. The number of likely N-dealkylation sites (N-methyl/N-ethyl adjacent to an activating group) is 1. The molecule has 2 heterocycles. The van der Waals surface area contributed by atoms with Crippen molar-refractivity contribution in [2.24, 2.45) is 0 Å². The average molecular weight is 513 g/mol. The number of urea groups is 1. The average Bonchev–Trinajstić information content (AvgIpc) is 2.84. The molecule has 3 rings (SSSR count). The van der Waals surface area contributed by atoms with E-state index in [2.05, 4.69) is 5.32 Å². The van der Waals surface area contributed by atoms with E-state index in [0.717, 1.165) is 6.07 Å². The minimum absolute atomic E-state index is 0.0175. The van der Waals surface area contributed by atoms with E-state index in [1.54, 1.807) is 18.7 Å². The molecule has 9 nitrogen and oxygen atoms in total. The van der Waals surface area contributed by atoms with Gasteiger partial charge in [-0.05, 0) is 25.5 Å². The van der Waals surface area contributed by atoms with Gasteiger partial charge in [-0.3, -0.25) is 14.6 Å². The van der Waals surface area contributed by atoms with Gasteiger partial charge in [-0.2, -0.15) is 13.2 Å². The summed E-state index contributed by atoms with van der Waals surface area (Å²) in [6.07, 6.45) is -4.69. The topological polar surface area (TPSA) is 91.4 Å². The minimum Gasteiger partial charge on any atom is -0.463 e. The number of rotatable bonds is 8. The molecule has 1 atom stereocenters. The number of amides is 3. The highest BCUT2D eigenvalue weighted by atomic mass is 19.4. The number of esters is 1. The van der Waals surface area contributed by atoms with Crippen LogP contribution in [0.25, 0.3) is 0 Å². The monoisotopic (exact) mass is 512 g/mol. The van der Waals surface area contributed by atoms with Gasteiger partial charge in [0.1, 0.15) is 6.61 Å². The summed E-state index contributed by atoms with van der Waals surface area (Å²) >= 11 is 0. The zero-order valence-corrected chi connectivity index (χ0v) is 20.6. The summed E-state index contributed by atoms with van der Waals surface area (Å²) in [4.78, 5) is 43.3. The maximum Gasteiger partial charge on any atom is 0.416 e. The second-order valence-electron chi connectivity index (χ2n) is 8.38. The van der Waals surface area contributed by atoms with Crippen molar-refractivity contribution in [1.29, 1.82) is 0 Å². The number of benzene rings is 1. The van der Waals surface area contributed by atoms with Gasteiger partial charge in [0.05, 0.1) is 23.8 Å². The van der Waals surface area contributed by atoms with E-state index in [1.807, 2.05) is 4.90 Å². The third kappa shape index (κ3) is 5.98. The molecule has 36 heavy (non-hydrogen) atoms. The lowest BCUT2D eigenvalue weighted by molar-refractivity contribution is -0.141.